The van der Waals surface area contributed by atoms with Crippen molar-refractivity contribution in [2.45, 2.75) is 26.4 Å². The lowest BCUT2D eigenvalue weighted by atomic mass is 9.96. The van der Waals surface area contributed by atoms with Crippen LogP contribution in [0.1, 0.15) is 30.1 Å². The minimum atomic E-state index is -3.04. The molecule has 0 radical (unpaired) electrons. The Hall–Kier alpha value is -2.91. The molecule has 3 amide bonds. The first-order valence-electron chi connectivity index (χ1n) is 9.43. The molecular formula is C19H25F2N3O5. The first-order valence-corrected chi connectivity index (χ1v) is 9.43. The number of benzene rings is 1. The van der Waals surface area contributed by atoms with Crippen LogP contribution in [0, 0.1) is 5.92 Å². The predicted molar refractivity (Wildman–Crippen MR) is 99.7 cm³/mol. The number of para-hydroxylation sites is 1. The summed E-state index contributed by atoms with van der Waals surface area (Å²) in [7, 11) is 0. The van der Waals surface area contributed by atoms with E-state index < -0.39 is 24.5 Å². The number of likely N-dealkylation sites (tertiary alicyclic amines) is 1. The Morgan fingerprint density at radius 1 is 1.21 bits per heavy atom. The van der Waals surface area contributed by atoms with Crippen LogP contribution in [0.5, 0.6) is 5.75 Å². The van der Waals surface area contributed by atoms with Crippen molar-refractivity contribution in [1.82, 2.24) is 15.5 Å². The van der Waals surface area contributed by atoms with Gasteiger partial charge in [-0.05, 0) is 31.9 Å². The van der Waals surface area contributed by atoms with Crippen LogP contribution in [-0.4, -0.2) is 62.2 Å². The van der Waals surface area contributed by atoms with E-state index in [1.54, 1.807) is 13.0 Å². The summed E-state index contributed by atoms with van der Waals surface area (Å²) < 4.78 is 34.3. The maximum Gasteiger partial charge on any atom is 0.407 e. The van der Waals surface area contributed by atoms with Crippen LogP contribution in [0.4, 0.5) is 13.6 Å². The molecule has 1 heterocycles. The number of rotatable bonds is 8. The Morgan fingerprint density at radius 3 is 2.66 bits per heavy atom. The van der Waals surface area contributed by atoms with Gasteiger partial charge in [0, 0.05) is 26.2 Å². The van der Waals surface area contributed by atoms with Crippen LogP contribution in [0.25, 0.3) is 0 Å². The van der Waals surface area contributed by atoms with Crippen molar-refractivity contribution in [2.75, 3.05) is 32.8 Å². The number of nitrogens with zero attached hydrogens (tertiary/aromatic N) is 1. The van der Waals surface area contributed by atoms with Gasteiger partial charge in [-0.3, -0.25) is 9.59 Å². The first kappa shape index (κ1) is 22.4. The fourth-order valence-corrected chi connectivity index (χ4v) is 3.06. The molecule has 10 heteroatoms. The minimum Gasteiger partial charge on any atom is -0.450 e. The number of nitrogens with one attached hydrogen (secondary N) is 2. The monoisotopic (exact) mass is 413 g/mol. The Bertz CT molecular complexity index is 717. The van der Waals surface area contributed by atoms with Gasteiger partial charge in [0.25, 0.3) is 5.91 Å². The normalized spacial score (nSPS) is 16.3. The number of ether oxygens (including phenoxy) is 2. The summed E-state index contributed by atoms with van der Waals surface area (Å²) in [5.41, 5.74) is 0.0347. The third-order valence-electron chi connectivity index (χ3n) is 4.38. The molecule has 2 rings (SSSR count). The number of hydrogen-bond acceptors (Lipinski definition) is 5. The second-order valence-corrected chi connectivity index (χ2v) is 6.40. The summed E-state index contributed by atoms with van der Waals surface area (Å²) in [5, 5.41) is 5.21. The van der Waals surface area contributed by atoms with Gasteiger partial charge in [-0.25, -0.2) is 4.79 Å². The molecule has 0 spiro atoms. The van der Waals surface area contributed by atoms with Gasteiger partial charge < -0.3 is 25.0 Å². The predicted octanol–water partition coefficient (Wildman–Crippen LogP) is 2.00. The third-order valence-corrected chi connectivity index (χ3v) is 4.38. The second kappa shape index (κ2) is 11.2. The second-order valence-electron chi connectivity index (χ2n) is 6.40. The largest absolute Gasteiger partial charge is 0.450 e. The molecule has 1 saturated heterocycles. The number of alkyl carbamates (subject to hydrolysis) is 1. The van der Waals surface area contributed by atoms with E-state index in [0.717, 1.165) is 0 Å². The van der Waals surface area contributed by atoms with Crippen molar-refractivity contribution < 1.29 is 32.6 Å². The van der Waals surface area contributed by atoms with E-state index >= 15 is 0 Å². The molecule has 8 nitrogen and oxygen atoms in total. The van der Waals surface area contributed by atoms with Crippen molar-refractivity contribution in [3.05, 3.63) is 29.8 Å². The zero-order chi connectivity index (χ0) is 21.2. The van der Waals surface area contributed by atoms with E-state index in [9.17, 15) is 23.2 Å². The van der Waals surface area contributed by atoms with Crippen molar-refractivity contribution in [3.8, 4) is 5.75 Å². The van der Waals surface area contributed by atoms with Crippen molar-refractivity contribution in [3.63, 3.8) is 0 Å². The van der Waals surface area contributed by atoms with Crippen molar-refractivity contribution >= 4 is 17.9 Å². The quantitative estimate of drug-likeness (QED) is 0.636. The highest BCUT2D eigenvalue weighted by atomic mass is 19.3. The van der Waals surface area contributed by atoms with E-state index in [-0.39, 0.29) is 43.5 Å². The maximum absolute atomic E-state index is 12.8. The first-order chi connectivity index (χ1) is 13.9. The van der Waals surface area contributed by atoms with Crippen LogP contribution in [-0.2, 0) is 9.53 Å². The number of piperidine rings is 1. The number of carbonyl (C=O) groups is 3. The Balaban J connectivity index is 1.89. The zero-order valence-corrected chi connectivity index (χ0v) is 16.2. The SMILES string of the molecule is CCOC(=O)NCCNC(=O)C1CCCN(C(=O)c2ccccc2OC(F)F)C1. The topological polar surface area (TPSA) is 97.0 Å². The molecule has 1 aromatic rings. The maximum atomic E-state index is 12.8. The summed E-state index contributed by atoms with van der Waals surface area (Å²) in [6, 6.07) is 5.80. The molecule has 0 saturated carbocycles. The lowest BCUT2D eigenvalue weighted by Gasteiger charge is -2.32. The molecule has 1 aliphatic heterocycles. The van der Waals surface area contributed by atoms with Crippen molar-refractivity contribution in [1.29, 1.82) is 0 Å². The summed E-state index contributed by atoms with van der Waals surface area (Å²) in [4.78, 5) is 37.8. The highest BCUT2D eigenvalue weighted by Crippen LogP contribution is 2.25. The third kappa shape index (κ3) is 6.88. The lowest BCUT2D eigenvalue weighted by molar-refractivity contribution is -0.126. The number of hydrogen-bond donors (Lipinski definition) is 2. The molecule has 0 aliphatic carbocycles. The van der Waals surface area contributed by atoms with Crippen LogP contribution in [0.3, 0.4) is 0 Å². The number of carbonyl (C=O) groups excluding carboxylic acids is 3. The van der Waals surface area contributed by atoms with Gasteiger partial charge in [-0.15, -0.1) is 0 Å². The minimum absolute atomic E-state index is 0.0347. The van der Waals surface area contributed by atoms with E-state index in [1.807, 2.05) is 0 Å². The number of amides is 3. The smallest absolute Gasteiger partial charge is 0.407 e. The average Bonchev–Trinajstić information content (AvgIpc) is 2.71. The van der Waals surface area contributed by atoms with Gasteiger partial charge in [-0.1, -0.05) is 12.1 Å². The van der Waals surface area contributed by atoms with E-state index in [0.29, 0.717) is 19.4 Å². The molecule has 1 fully saturated rings. The van der Waals surface area contributed by atoms with Crippen molar-refractivity contribution in [2.24, 2.45) is 5.92 Å². The molecular weight excluding hydrogens is 388 g/mol. The van der Waals surface area contributed by atoms with Crippen LogP contribution in [0.2, 0.25) is 0 Å². The van der Waals surface area contributed by atoms with Crippen LogP contribution in [0.15, 0.2) is 24.3 Å². The van der Waals surface area contributed by atoms with Gasteiger partial charge in [0.15, 0.2) is 0 Å². The van der Waals surface area contributed by atoms with Gasteiger partial charge in [0.05, 0.1) is 18.1 Å². The fraction of sp³-hybridized carbons (Fsp3) is 0.526. The highest BCUT2D eigenvalue weighted by molar-refractivity contribution is 5.97. The molecule has 1 unspecified atom stereocenters. The Labute approximate surface area is 167 Å². The Kier molecular flexibility index (Phi) is 8.63. The van der Waals surface area contributed by atoms with Crippen LogP contribution < -0.4 is 15.4 Å². The van der Waals surface area contributed by atoms with E-state index in [4.69, 9.17) is 4.74 Å². The fourth-order valence-electron chi connectivity index (χ4n) is 3.06. The molecule has 1 atom stereocenters. The lowest BCUT2D eigenvalue weighted by Crippen LogP contribution is -2.46. The van der Waals surface area contributed by atoms with Crippen LogP contribution >= 0.6 is 0 Å². The number of alkyl halides is 2. The van der Waals surface area contributed by atoms with Gasteiger partial charge in [0.1, 0.15) is 5.75 Å². The molecule has 160 valence electrons. The Morgan fingerprint density at radius 2 is 1.93 bits per heavy atom. The van der Waals surface area contributed by atoms with Gasteiger partial charge in [0.2, 0.25) is 5.91 Å². The number of halogens is 2. The molecule has 1 aromatic carbocycles. The molecule has 0 bridgehead atoms. The average molecular weight is 413 g/mol. The summed E-state index contributed by atoms with van der Waals surface area (Å²) >= 11 is 0. The summed E-state index contributed by atoms with van der Waals surface area (Å²) in [6.45, 7) is -0.0296. The summed E-state index contributed by atoms with van der Waals surface area (Å²) in [5.74, 6) is -1.30. The van der Waals surface area contributed by atoms with E-state index in [2.05, 4.69) is 15.4 Å². The standard InChI is InChI=1S/C19H25F2N3O5/c1-2-28-19(27)23-10-9-22-16(25)13-6-5-11-24(12-13)17(26)14-7-3-4-8-15(14)29-18(20)21/h3-4,7-8,13,18H,2,5-6,9-12H2,1H3,(H,22,25)(H,23,27). The molecule has 2 N–H and O–H groups in total. The summed E-state index contributed by atoms with van der Waals surface area (Å²) in [6.07, 6.45) is 0.666. The molecule has 1 aliphatic rings. The highest BCUT2D eigenvalue weighted by Gasteiger charge is 2.30. The van der Waals surface area contributed by atoms with E-state index in [1.165, 1.54) is 23.1 Å². The van der Waals surface area contributed by atoms with Gasteiger partial charge >= 0.3 is 12.7 Å². The molecule has 0 aromatic heterocycles. The zero-order valence-electron chi connectivity index (χ0n) is 16.2. The van der Waals surface area contributed by atoms with Gasteiger partial charge in [-0.2, -0.15) is 8.78 Å². The molecule has 29 heavy (non-hydrogen) atoms.